The van der Waals surface area contributed by atoms with Crippen LogP contribution in [0, 0.1) is 6.92 Å². The highest BCUT2D eigenvalue weighted by atomic mass is 16.2. The lowest BCUT2D eigenvalue weighted by Gasteiger charge is -2.27. The summed E-state index contributed by atoms with van der Waals surface area (Å²) in [5, 5.41) is 7.19. The maximum atomic E-state index is 11.5. The van der Waals surface area contributed by atoms with Crippen molar-refractivity contribution in [2.24, 2.45) is 11.6 Å². The third-order valence-electron chi connectivity index (χ3n) is 2.90. The highest BCUT2D eigenvalue weighted by Gasteiger charge is 2.23. The minimum absolute atomic E-state index is 0.0735. The van der Waals surface area contributed by atoms with Crippen molar-refractivity contribution in [3.8, 4) is 0 Å². The van der Waals surface area contributed by atoms with Crippen LogP contribution in [0.3, 0.4) is 0 Å². The third-order valence-corrected chi connectivity index (χ3v) is 2.90. The number of carbonyl (C=O) groups is 1. The summed E-state index contributed by atoms with van der Waals surface area (Å²) in [7, 11) is 3.50. The number of hydrogen-bond acceptors (Lipinski definition) is 8. The molecule has 9 heteroatoms. The highest BCUT2D eigenvalue weighted by molar-refractivity contribution is 6.00. The van der Waals surface area contributed by atoms with E-state index in [4.69, 9.17) is 11.6 Å². The molecule has 1 aliphatic heterocycles. The number of nitrogens with zero attached hydrogens (tertiary/aromatic N) is 4. The Balaban J connectivity index is 0.000000891. The topological polar surface area (TPSA) is 125 Å². The molecule has 0 unspecified atom stereocenters. The number of nitrogens with two attached hydrogens (primary N) is 2. The van der Waals surface area contributed by atoms with Crippen LogP contribution in [0.2, 0.25) is 0 Å². The molecule has 1 aliphatic rings. The van der Waals surface area contributed by atoms with Gasteiger partial charge in [0.15, 0.2) is 5.82 Å². The number of aromatic nitrogens is 2. The summed E-state index contributed by atoms with van der Waals surface area (Å²) in [6.45, 7) is 6.71. The van der Waals surface area contributed by atoms with Gasteiger partial charge in [-0.3, -0.25) is 4.79 Å². The van der Waals surface area contributed by atoms with Gasteiger partial charge < -0.3 is 26.3 Å². The van der Waals surface area contributed by atoms with Gasteiger partial charge in [-0.05, 0) is 6.92 Å². The number of fused-ring (bicyclic) bond motifs is 1. The Morgan fingerprint density at radius 1 is 1.46 bits per heavy atom. The predicted molar refractivity (Wildman–Crippen MR) is 97.3 cm³/mol. The molecule has 0 bridgehead atoms. The van der Waals surface area contributed by atoms with Gasteiger partial charge in [-0.2, -0.15) is 4.98 Å². The fourth-order valence-corrected chi connectivity index (χ4v) is 2.02. The lowest BCUT2D eigenvalue weighted by Crippen LogP contribution is -2.37. The second kappa shape index (κ2) is 8.92. The maximum Gasteiger partial charge on any atom is 0.244 e. The Labute approximate surface area is 143 Å². The standard InChI is InChI=1S/C12H20N8O.C3H8/c1-7-10-11(19(2)6-9(21)17-10)18-12(16-7)15-4-8(13)5-20(3)14;1-3-2/h5H,4,6,13-14H2,1-3H3,(H,17,21)(H,15,16,18);3H2,1-2H3/b8-5-;. The summed E-state index contributed by atoms with van der Waals surface area (Å²) in [5.41, 5.74) is 7.69. The number of aryl methyl sites for hydroxylation is 1. The molecular weight excluding hydrogens is 308 g/mol. The average molecular weight is 336 g/mol. The van der Waals surface area contributed by atoms with Crippen molar-refractivity contribution in [3.63, 3.8) is 0 Å². The zero-order valence-corrected chi connectivity index (χ0v) is 15.1. The van der Waals surface area contributed by atoms with E-state index in [1.165, 1.54) is 11.4 Å². The van der Waals surface area contributed by atoms with E-state index in [1.807, 2.05) is 14.0 Å². The summed E-state index contributed by atoms with van der Waals surface area (Å²) in [6, 6.07) is 0. The molecule has 0 aliphatic carbocycles. The van der Waals surface area contributed by atoms with Gasteiger partial charge >= 0.3 is 0 Å². The smallest absolute Gasteiger partial charge is 0.244 e. The van der Waals surface area contributed by atoms with Gasteiger partial charge in [0.1, 0.15) is 5.69 Å². The molecule has 0 aromatic carbocycles. The Hall–Kier alpha value is -2.55. The molecule has 6 N–H and O–H groups in total. The van der Waals surface area contributed by atoms with Crippen molar-refractivity contribution in [1.29, 1.82) is 0 Å². The Morgan fingerprint density at radius 2 is 2.08 bits per heavy atom. The molecule has 1 aromatic rings. The molecule has 24 heavy (non-hydrogen) atoms. The number of rotatable bonds is 4. The first-order valence-electron chi connectivity index (χ1n) is 7.85. The summed E-state index contributed by atoms with van der Waals surface area (Å²) in [5.74, 6) is 6.54. The molecule has 9 nitrogen and oxygen atoms in total. The van der Waals surface area contributed by atoms with Gasteiger partial charge in [-0.1, -0.05) is 20.3 Å². The number of amides is 1. The van der Waals surface area contributed by atoms with Gasteiger partial charge in [0, 0.05) is 26.0 Å². The van der Waals surface area contributed by atoms with Crippen molar-refractivity contribution in [2.45, 2.75) is 27.2 Å². The van der Waals surface area contributed by atoms with Gasteiger partial charge in [0.2, 0.25) is 11.9 Å². The second-order valence-corrected chi connectivity index (χ2v) is 5.67. The zero-order chi connectivity index (χ0) is 18.3. The Bertz CT molecular complexity index is 599. The largest absolute Gasteiger partial charge is 0.399 e. The first kappa shape index (κ1) is 19.5. The van der Waals surface area contributed by atoms with Crippen molar-refractivity contribution in [2.75, 3.05) is 42.7 Å². The van der Waals surface area contributed by atoms with E-state index in [0.717, 1.165) is 0 Å². The number of hydrazine groups is 1. The molecule has 2 rings (SSSR count). The van der Waals surface area contributed by atoms with Crippen LogP contribution in [0.5, 0.6) is 0 Å². The minimum atomic E-state index is -0.0735. The molecule has 0 saturated heterocycles. The van der Waals surface area contributed by atoms with Crippen LogP contribution < -0.4 is 27.1 Å². The van der Waals surface area contributed by atoms with Crippen LogP contribution in [0.25, 0.3) is 0 Å². The molecule has 1 aromatic heterocycles. The first-order chi connectivity index (χ1) is 11.3. The van der Waals surface area contributed by atoms with Crippen molar-refractivity contribution >= 4 is 23.4 Å². The molecular formula is C15H28N8O. The molecule has 2 heterocycles. The molecule has 0 fully saturated rings. The molecule has 0 saturated carbocycles. The van der Waals surface area contributed by atoms with E-state index >= 15 is 0 Å². The summed E-state index contributed by atoms with van der Waals surface area (Å²) in [4.78, 5) is 22.0. The number of likely N-dealkylation sites (N-methyl/N-ethyl adjacent to an activating group) is 1. The van der Waals surface area contributed by atoms with Gasteiger partial charge in [-0.15, -0.1) is 0 Å². The first-order valence-corrected chi connectivity index (χ1v) is 7.85. The number of nitrogens with one attached hydrogen (secondary N) is 2. The van der Waals surface area contributed by atoms with Crippen LogP contribution >= 0.6 is 0 Å². The molecule has 0 atom stereocenters. The predicted octanol–water partition coefficient (Wildman–Crippen LogP) is 0.607. The van der Waals surface area contributed by atoms with E-state index in [1.54, 1.807) is 18.1 Å². The van der Waals surface area contributed by atoms with Crippen molar-refractivity contribution < 1.29 is 4.79 Å². The second-order valence-electron chi connectivity index (χ2n) is 5.67. The molecule has 1 amide bonds. The van der Waals surface area contributed by atoms with Crippen molar-refractivity contribution in [1.82, 2.24) is 15.0 Å². The van der Waals surface area contributed by atoms with Crippen LogP contribution in [0.1, 0.15) is 26.0 Å². The molecule has 134 valence electrons. The highest BCUT2D eigenvalue weighted by Crippen LogP contribution is 2.29. The minimum Gasteiger partial charge on any atom is -0.399 e. The van der Waals surface area contributed by atoms with E-state index in [9.17, 15) is 4.79 Å². The summed E-state index contributed by atoms with van der Waals surface area (Å²) >= 11 is 0. The third kappa shape index (κ3) is 5.58. The van der Waals surface area contributed by atoms with Gasteiger partial charge in [-0.25, -0.2) is 10.8 Å². The number of anilines is 3. The van der Waals surface area contributed by atoms with E-state index in [2.05, 4.69) is 34.4 Å². The van der Waals surface area contributed by atoms with Crippen LogP contribution in [-0.4, -0.2) is 48.1 Å². The van der Waals surface area contributed by atoms with E-state index in [0.29, 0.717) is 35.4 Å². The van der Waals surface area contributed by atoms with Gasteiger partial charge in [0.25, 0.3) is 0 Å². The summed E-state index contributed by atoms with van der Waals surface area (Å²) < 4.78 is 0. The zero-order valence-electron chi connectivity index (χ0n) is 15.1. The summed E-state index contributed by atoms with van der Waals surface area (Å²) in [6.07, 6.45) is 2.85. The lowest BCUT2D eigenvalue weighted by molar-refractivity contribution is -0.115. The van der Waals surface area contributed by atoms with Crippen LogP contribution in [-0.2, 0) is 4.79 Å². The van der Waals surface area contributed by atoms with Crippen LogP contribution in [0.15, 0.2) is 11.9 Å². The van der Waals surface area contributed by atoms with Crippen molar-refractivity contribution in [3.05, 3.63) is 17.6 Å². The fourth-order valence-electron chi connectivity index (χ4n) is 2.02. The monoisotopic (exact) mass is 336 g/mol. The Kier molecular flexibility index (Phi) is 7.25. The maximum absolute atomic E-state index is 11.5. The molecule has 0 spiro atoms. The quantitative estimate of drug-likeness (QED) is 0.465. The Morgan fingerprint density at radius 3 is 2.67 bits per heavy atom. The fraction of sp³-hybridized carbons (Fsp3) is 0.533. The van der Waals surface area contributed by atoms with Gasteiger partial charge in [0.05, 0.1) is 18.8 Å². The SMILES string of the molecule is CCC.Cc1nc(NC/C(N)=C/N(C)N)nc2c1NC(=O)CN2C. The van der Waals surface area contributed by atoms with Crippen LogP contribution in [0.4, 0.5) is 17.5 Å². The lowest BCUT2D eigenvalue weighted by atomic mass is 10.2. The number of carbonyl (C=O) groups excluding carboxylic acids is 1. The normalized spacial score (nSPS) is 13.5. The van der Waals surface area contributed by atoms with E-state index < -0.39 is 0 Å². The number of hydrogen-bond donors (Lipinski definition) is 4. The van der Waals surface area contributed by atoms with E-state index in [-0.39, 0.29) is 12.5 Å². The average Bonchev–Trinajstić information content (AvgIpc) is 2.46. The molecule has 0 radical (unpaired) electrons.